The third-order valence-corrected chi connectivity index (χ3v) is 8.29. The molecule has 1 atom stereocenters. The summed E-state index contributed by atoms with van der Waals surface area (Å²) in [6.07, 6.45) is 0.718. The molecule has 1 unspecified atom stereocenters. The van der Waals surface area contributed by atoms with Crippen molar-refractivity contribution in [2.45, 2.75) is 51.0 Å². The molecule has 4 rings (SSSR count). The fraction of sp³-hybridized carbons (Fsp3) is 0.409. The lowest BCUT2D eigenvalue weighted by Crippen LogP contribution is -2.45. The number of hydrogen-bond acceptors (Lipinski definition) is 4. The van der Waals surface area contributed by atoms with Crippen molar-refractivity contribution in [2.24, 2.45) is 0 Å². The highest BCUT2D eigenvalue weighted by Crippen LogP contribution is 2.41. The van der Waals surface area contributed by atoms with Crippen molar-refractivity contribution >= 4 is 15.8 Å². The molecule has 0 amide bonds. The Kier molecular flexibility index (Phi) is 4.39. The molecule has 0 saturated carbocycles. The number of carbonyl (C=O) groups is 1. The molecule has 2 aliphatic heterocycles. The van der Waals surface area contributed by atoms with Gasteiger partial charge in [0.05, 0.1) is 23.4 Å². The van der Waals surface area contributed by atoms with Crippen molar-refractivity contribution in [1.82, 2.24) is 4.31 Å². The van der Waals surface area contributed by atoms with Gasteiger partial charge in [-0.3, -0.25) is 4.79 Å². The number of sulfonamides is 1. The summed E-state index contributed by atoms with van der Waals surface area (Å²) < 4.78 is 34.7. The monoisotopic (exact) mass is 399 g/mol. The number of aryl methyl sites for hydroxylation is 2. The first-order valence-electron chi connectivity index (χ1n) is 9.53. The van der Waals surface area contributed by atoms with Crippen LogP contribution in [0.25, 0.3) is 0 Å². The minimum absolute atomic E-state index is 0.0138. The molecule has 1 spiro atoms. The molecule has 2 aromatic carbocycles. The molecule has 28 heavy (non-hydrogen) atoms. The number of para-hydroxylation sites is 1. The maximum Gasteiger partial charge on any atom is 0.243 e. The molecule has 0 radical (unpaired) electrons. The minimum Gasteiger partial charge on any atom is -0.485 e. The molecule has 1 fully saturated rings. The smallest absolute Gasteiger partial charge is 0.243 e. The van der Waals surface area contributed by atoms with Crippen LogP contribution in [0.15, 0.2) is 35.2 Å². The lowest BCUT2D eigenvalue weighted by atomic mass is 9.89. The summed E-state index contributed by atoms with van der Waals surface area (Å²) in [7, 11) is -3.67. The summed E-state index contributed by atoms with van der Waals surface area (Å²) in [5.74, 6) is 0.566. The highest BCUT2D eigenvalue weighted by Gasteiger charge is 2.49. The molecule has 0 aromatic heterocycles. The van der Waals surface area contributed by atoms with E-state index in [1.54, 1.807) is 12.1 Å². The molecular formula is C22H25NO4S. The van der Waals surface area contributed by atoms with Gasteiger partial charge in [0.2, 0.25) is 10.0 Å². The summed E-state index contributed by atoms with van der Waals surface area (Å²) in [5, 5.41) is 0. The van der Waals surface area contributed by atoms with Crippen molar-refractivity contribution in [2.75, 3.05) is 13.1 Å². The molecule has 0 N–H and O–H groups in total. The molecule has 2 aliphatic rings. The Morgan fingerprint density at radius 3 is 2.36 bits per heavy atom. The van der Waals surface area contributed by atoms with Crippen LogP contribution in [0.3, 0.4) is 0 Å². The van der Waals surface area contributed by atoms with E-state index in [0.29, 0.717) is 29.2 Å². The Balaban J connectivity index is 1.70. The maximum absolute atomic E-state index is 13.5. The van der Waals surface area contributed by atoms with Crippen LogP contribution >= 0.6 is 0 Å². The maximum atomic E-state index is 13.5. The second kappa shape index (κ2) is 6.42. The fourth-order valence-corrected chi connectivity index (χ4v) is 6.47. The molecule has 148 valence electrons. The molecule has 6 heteroatoms. The Labute approximate surface area is 166 Å². The Morgan fingerprint density at radius 1 is 1.04 bits per heavy atom. The molecule has 2 heterocycles. The Hall–Kier alpha value is -2.18. The van der Waals surface area contributed by atoms with Crippen LogP contribution in [0.1, 0.15) is 45.5 Å². The molecule has 1 saturated heterocycles. The Morgan fingerprint density at radius 2 is 1.68 bits per heavy atom. The molecule has 0 bridgehead atoms. The first-order valence-corrected chi connectivity index (χ1v) is 11.0. The molecule has 5 nitrogen and oxygen atoms in total. The van der Waals surface area contributed by atoms with Gasteiger partial charge in [0, 0.05) is 13.0 Å². The van der Waals surface area contributed by atoms with Gasteiger partial charge in [-0.2, -0.15) is 4.31 Å². The van der Waals surface area contributed by atoms with E-state index in [-0.39, 0.29) is 18.7 Å². The molecular weight excluding hydrogens is 374 g/mol. The molecule has 2 aromatic rings. The van der Waals surface area contributed by atoms with E-state index in [4.69, 9.17) is 4.74 Å². The number of ether oxygens (including phenoxy) is 1. The van der Waals surface area contributed by atoms with Gasteiger partial charge < -0.3 is 4.74 Å². The number of fused-ring (bicyclic) bond motifs is 1. The number of rotatable bonds is 2. The van der Waals surface area contributed by atoms with E-state index in [9.17, 15) is 13.2 Å². The zero-order chi connectivity index (χ0) is 20.3. The van der Waals surface area contributed by atoms with Crippen LogP contribution in [0.4, 0.5) is 0 Å². The van der Waals surface area contributed by atoms with Gasteiger partial charge in [-0.25, -0.2) is 8.42 Å². The summed E-state index contributed by atoms with van der Waals surface area (Å²) in [6.45, 7) is 8.14. The summed E-state index contributed by atoms with van der Waals surface area (Å²) in [6, 6.07) is 9.21. The predicted octanol–water partition coefficient (Wildman–Crippen LogP) is 3.72. The van der Waals surface area contributed by atoms with E-state index in [1.165, 1.54) is 4.31 Å². The SMILES string of the molecule is Cc1cc(C)c(C)c(S(=O)(=O)N2CCC3(CC(=O)c4ccccc4O3)C2)c1C. The lowest BCUT2D eigenvalue weighted by Gasteiger charge is -2.34. The first kappa shape index (κ1) is 19.2. The summed E-state index contributed by atoms with van der Waals surface area (Å²) in [4.78, 5) is 13.0. The molecule has 0 aliphatic carbocycles. The van der Waals surface area contributed by atoms with Gasteiger partial charge in [-0.1, -0.05) is 18.2 Å². The van der Waals surface area contributed by atoms with E-state index in [2.05, 4.69) is 0 Å². The van der Waals surface area contributed by atoms with Crippen LogP contribution < -0.4 is 4.74 Å². The second-order valence-corrected chi connectivity index (χ2v) is 9.93. The average Bonchev–Trinajstić information content (AvgIpc) is 3.04. The van der Waals surface area contributed by atoms with Crippen LogP contribution in [0.2, 0.25) is 0 Å². The zero-order valence-corrected chi connectivity index (χ0v) is 17.5. The number of ketones is 1. The predicted molar refractivity (Wildman–Crippen MR) is 108 cm³/mol. The fourth-order valence-electron chi connectivity index (χ4n) is 4.38. The standard InChI is InChI=1S/C22H25NO4S/c1-14-11-15(2)17(4)21(16(14)3)28(25,26)23-10-9-22(13-23)12-19(24)18-7-5-6-8-20(18)27-22/h5-8,11H,9-10,12-13H2,1-4H3. The van der Waals surface area contributed by atoms with Gasteiger partial charge in [-0.05, 0) is 62.1 Å². The van der Waals surface area contributed by atoms with E-state index < -0.39 is 15.6 Å². The van der Waals surface area contributed by atoms with Gasteiger partial charge in [0.25, 0.3) is 0 Å². The average molecular weight is 400 g/mol. The number of carbonyl (C=O) groups excluding carboxylic acids is 1. The minimum atomic E-state index is -3.67. The summed E-state index contributed by atoms with van der Waals surface area (Å²) >= 11 is 0. The lowest BCUT2D eigenvalue weighted by molar-refractivity contribution is 0.0498. The number of benzene rings is 2. The van der Waals surface area contributed by atoms with Crippen molar-refractivity contribution in [3.63, 3.8) is 0 Å². The van der Waals surface area contributed by atoms with Crippen LogP contribution in [0.5, 0.6) is 5.75 Å². The van der Waals surface area contributed by atoms with Gasteiger partial charge in [-0.15, -0.1) is 0 Å². The van der Waals surface area contributed by atoms with Crippen molar-refractivity contribution in [3.05, 3.63) is 58.1 Å². The van der Waals surface area contributed by atoms with Crippen molar-refractivity contribution in [1.29, 1.82) is 0 Å². The quantitative estimate of drug-likeness (QED) is 0.772. The third-order valence-electron chi connectivity index (χ3n) is 6.17. The highest BCUT2D eigenvalue weighted by molar-refractivity contribution is 7.89. The number of Topliss-reactive ketones (excluding diaryl/α,β-unsaturated/α-hetero) is 1. The van der Waals surface area contributed by atoms with E-state index >= 15 is 0 Å². The first-order chi connectivity index (χ1) is 13.1. The van der Waals surface area contributed by atoms with Crippen LogP contribution in [-0.2, 0) is 10.0 Å². The van der Waals surface area contributed by atoms with Gasteiger partial charge >= 0.3 is 0 Å². The Bertz CT molecular complexity index is 1060. The zero-order valence-electron chi connectivity index (χ0n) is 16.7. The van der Waals surface area contributed by atoms with E-state index in [0.717, 1.165) is 22.3 Å². The third kappa shape index (κ3) is 2.86. The van der Waals surface area contributed by atoms with Gasteiger partial charge in [0.1, 0.15) is 11.4 Å². The topological polar surface area (TPSA) is 63.7 Å². The van der Waals surface area contributed by atoms with Crippen molar-refractivity contribution in [3.8, 4) is 5.75 Å². The second-order valence-electron chi connectivity index (χ2n) is 8.06. The highest BCUT2D eigenvalue weighted by atomic mass is 32.2. The van der Waals surface area contributed by atoms with Gasteiger partial charge in [0.15, 0.2) is 5.78 Å². The summed E-state index contributed by atoms with van der Waals surface area (Å²) in [5.41, 5.74) is 3.31. The normalized spacial score (nSPS) is 22.4. The number of hydrogen-bond donors (Lipinski definition) is 0. The van der Waals surface area contributed by atoms with Crippen LogP contribution in [-0.4, -0.2) is 37.2 Å². The van der Waals surface area contributed by atoms with Crippen molar-refractivity contribution < 1.29 is 17.9 Å². The van der Waals surface area contributed by atoms with E-state index in [1.807, 2.05) is 45.9 Å². The largest absolute Gasteiger partial charge is 0.485 e. The number of nitrogens with zero attached hydrogens (tertiary/aromatic N) is 1. The van der Waals surface area contributed by atoms with Crippen LogP contribution in [0, 0.1) is 27.7 Å².